The number of sulfonamides is 1. The van der Waals surface area contributed by atoms with E-state index < -0.39 is 10.0 Å². The molecule has 1 aliphatic rings. The number of benzene rings is 1. The Kier molecular flexibility index (Phi) is 5.06. The minimum Gasteiger partial charge on any atom is -0.495 e. The van der Waals surface area contributed by atoms with Crippen molar-refractivity contribution in [3.05, 3.63) is 22.7 Å². The lowest BCUT2D eigenvalue weighted by Gasteiger charge is -2.32. The molecule has 5 nitrogen and oxygen atoms in total. The van der Waals surface area contributed by atoms with Gasteiger partial charge in [-0.15, -0.1) is 0 Å². The summed E-state index contributed by atoms with van der Waals surface area (Å²) in [5, 5.41) is 3.15. The second-order valence-corrected chi connectivity index (χ2v) is 7.61. The van der Waals surface area contributed by atoms with Gasteiger partial charge in [-0.05, 0) is 38.1 Å². The van der Waals surface area contributed by atoms with E-state index in [0.717, 1.165) is 17.3 Å². The van der Waals surface area contributed by atoms with Crippen LogP contribution < -0.4 is 10.1 Å². The van der Waals surface area contributed by atoms with E-state index in [1.54, 1.807) is 18.2 Å². The second kappa shape index (κ2) is 6.43. The molecule has 1 aliphatic heterocycles. The normalized spacial score (nSPS) is 20.9. The Bertz CT molecular complexity index is 577. The average Bonchev–Trinajstić information content (AvgIpc) is 2.47. The molecule has 0 radical (unpaired) electrons. The van der Waals surface area contributed by atoms with Crippen molar-refractivity contribution in [3.63, 3.8) is 0 Å². The highest BCUT2D eigenvalue weighted by Gasteiger charge is 2.31. The van der Waals surface area contributed by atoms with E-state index in [2.05, 4.69) is 21.2 Å². The highest BCUT2D eigenvalue weighted by Crippen LogP contribution is 2.31. The molecular weight excluding hydrogens is 344 g/mol. The van der Waals surface area contributed by atoms with Crippen LogP contribution in [0.1, 0.15) is 12.8 Å². The first-order valence-corrected chi connectivity index (χ1v) is 8.73. The van der Waals surface area contributed by atoms with Gasteiger partial charge in [-0.25, -0.2) is 8.42 Å². The molecule has 1 heterocycles. The van der Waals surface area contributed by atoms with Gasteiger partial charge in [0.25, 0.3) is 0 Å². The molecule has 0 unspecified atom stereocenters. The zero-order chi connectivity index (χ0) is 14.8. The van der Waals surface area contributed by atoms with Crippen molar-refractivity contribution in [1.29, 1.82) is 0 Å². The number of likely N-dealkylation sites (N-methyl/N-ethyl adjacent to an activating group) is 1. The first kappa shape index (κ1) is 15.8. The lowest BCUT2D eigenvalue weighted by molar-refractivity contribution is 0.291. The van der Waals surface area contributed by atoms with Gasteiger partial charge in [-0.1, -0.05) is 15.9 Å². The van der Waals surface area contributed by atoms with Gasteiger partial charge in [0, 0.05) is 23.6 Å². The third-order valence-electron chi connectivity index (χ3n) is 3.54. The number of ether oxygens (including phenoxy) is 1. The quantitative estimate of drug-likeness (QED) is 0.887. The van der Waals surface area contributed by atoms with Crippen LogP contribution in [0.3, 0.4) is 0 Å². The summed E-state index contributed by atoms with van der Waals surface area (Å²) in [7, 11) is -0.189. The fraction of sp³-hybridized carbons (Fsp3) is 0.538. The maximum atomic E-state index is 12.8. The number of hydrogen-bond acceptors (Lipinski definition) is 4. The molecule has 1 aromatic carbocycles. The topological polar surface area (TPSA) is 58.6 Å². The van der Waals surface area contributed by atoms with E-state index in [0.29, 0.717) is 18.8 Å². The Balaban J connectivity index is 2.37. The van der Waals surface area contributed by atoms with Crippen LogP contribution in [-0.4, -0.2) is 46.0 Å². The minimum atomic E-state index is -3.53. The van der Waals surface area contributed by atoms with Gasteiger partial charge in [-0.3, -0.25) is 0 Å². The van der Waals surface area contributed by atoms with E-state index in [-0.39, 0.29) is 10.9 Å². The van der Waals surface area contributed by atoms with Crippen molar-refractivity contribution in [2.75, 3.05) is 27.2 Å². The van der Waals surface area contributed by atoms with Gasteiger partial charge in [-0.2, -0.15) is 4.31 Å². The molecule has 0 amide bonds. The van der Waals surface area contributed by atoms with E-state index >= 15 is 0 Å². The summed E-state index contributed by atoms with van der Waals surface area (Å²) in [5.41, 5.74) is 0. The Morgan fingerprint density at radius 3 is 2.85 bits per heavy atom. The first-order valence-electron chi connectivity index (χ1n) is 6.50. The smallest absolute Gasteiger partial charge is 0.246 e. The minimum absolute atomic E-state index is 0.205. The van der Waals surface area contributed by atoms with Crippen LogP contribution in [0.15, 0.2) is 27.6 Å². The van der Waals surface area contributed by atoms with E-state index in [1.165, 1.54) is 11.4 Å². The number of rotatable bonds is 4. The molecule has 0 spiro atoms. The number of nitrogens with one attached hydrogen (secondary N) is 1. The molecule has 1 saturated heterocycles. The highest BCUT2D eigenvalue weighted by atomic mass is 79.9. The lowest BCUT2D eigenvalue weighted by Crippen LogP contribution is -2.46. The van der Waals surface area contributed by atoms with Gasteiger partial charge in [0.15, 0.2) is 0 Å². The molecule has 112 valence electrons. The standard InChI is InChI=1S/C13H19BrN2O3S/c1-15-11-4-3-7-16(9-11)20(17,18)13-8-10(14)5-6-12(13)19-2/h5-6,8,11,15H,3-4,7,9H2,1-2H3/t11-/m1/s1. The molecule has 2 rings (SSSR count). The summed E-state index contributed by atoms with van der Waals surface area (Å²) in [4.78, 5) is 0.214. The van der Waals surface area contributed by atoms with Crippen LogP contribution in [0.25, 0.3) is 0 Å². The van der Waals surface area contributed by atoms with Gasteiger partial charge >= 0.3 is 0 Å². The van der Waals surface area contributed by atoms with Crippen molar-refractivity contribution in [2.24, 2.45) is 0 Å². The Labute approximate surface area is 128 Å². The van der Waals surface area contributed by atoms with E-state index in [9.17, 15) is 8.42 Å². The molecule has 0 saturated carbocycles. The zero-order valence-electron chi connectivity index (χ0n) is 11.6. The summed E-state index contributed by atoms with van der Waals surface area (Å²) >= 11 is 3.32. The van der Waals surface area contributed by atoms with Gasteiger partial charge in [0.2, 0.25) is 10.0 Å². The second-order valence-electron chi connectivity index (χ2n) is 4.79. The van der Waals surface area contributed by atoms with Crippen molar-refractivity contribution in [3.8, 4) is 5.75 Å². The molecule has 0 aliphatic carbocycles. The Hall–Kier alpha value is -0.630. The number of nitrogens with zero attached hydrogens (tertiary/aromatic N) is 1. The van der Waals surface area contributed by atoms with Gasteiger partial charge < -0.3 is 10.1 Å². The van der Waals surface area contributed by atoms with E-state index in [1.807, 2.05) is 7.05 Å². The van der Waals surface area contributed by atoms with Crippen LogP contribution in [0.4, 0.5) is 0 Å². The maximum absolute atomic E-state index is 12.8. The van der Waals surface area contributed by atoms with Crippen molar-refractivity contribution in [2.45, 2.75) is 23.8 Å². The summed E-state index contributed by atoms with van der Waals surface area (Å²) in [6, 6.07) is 5.23. The Morgan fingerprint density at radius 2 is 2.20 bits per heavy atom. The fourth-order valence-electron chi connectivity index (χ4n) is 2.39. The van der Waals surface area contributed by atoms with Crippen molar-refractivity contribution >= 4 is 26.0 Å². The monoisotopic (exact) mass is 362 g/mol. The number of piperidine rings is 1. The molecule has 7 heteroatoms. The molecule has 1 N–H and O–H groups in total. The summed E-state index contributed by atoms with van der Waals surface area (Å²) < 4.78 is 33.0. The lowest BCUT2D eigenvalue weighted by atomic mass is 10.1. The fourth-order valence-corrected chi connectivity index (χ4v) is 4.61. The SMILES string of the molecule is CN[C@@H]1CCCN(S(=O)(=O)c2cc(Br)ccc2OC)C1. The van der Waals surface area contributed by atoms with Gasteiger partial charge in [0.05, 0.1) is 7.11 Å². The first-order chi connectivity index (χ1) is 9.48. The molecule has 1 atom stereocenters. The van der Waals surface area contributed by atoms with Crippen LogP contribution in [-0.2, 0) is 10.0 Å². The predicted molar refractivity (Wildman–Crippen MR) is 81.5 cm³/mol. The van der Waals surface area contributed by atoms with Gasteiger partial charge in [0.1, 0.15) is 10.6 Å². The number of halogens is 1. The number of methoxy groups -OCH3 is 1. The Morgan fingerprint density at radius 1 is 1.45 bits per heavy atom. The van der Waals surface area contributed by atoms with Crippen LogP contribution in [0, 0.1) is 0 Å². The van der Waals surface area contributed by atoms with E-state index in [4.69, 9.17) is 4.74 Å². The molecular formula is C13H19BrN2O3S. The zero-order valence-corrected chi connectivity index (χ0v) is 14.0. The van der Waals surface area contributed by atoms with Crippen LogP contribution in [0.5, 0.6) is 5.75 Å². The molecule has 1 fully saturated rings. The molecule has 1 aromatic rings. The van der Waals surface area contributed by atoms with Crippen molar-refractivity contribution in [1.82, 2.24) is 9.62 Å². The number of hydrogen-bond donors (Lipinski definition) is 1. The maximum Gasteiger partial charge on any atom is 0.246 e. The molecule has 0 bridgehead atoms. The summed E-state index contributed by atoms with van der Waals surface area (Å²) in [6.45, 7) is 1.05. The third-order valence-corrected chi connectivity index (χ3v) is 5.92. The summed E-state index contributed by atoms with van der Waals surface area (Å²) in [5.74, 6) is 0.375. The predicted octanol–water partition coefficient (Wildman–Crippen LogP) is 1.83. The molecule has 20 heavy (non-hydrogen) atoms. The summed E-state index contributed by atoms with van der Waals surface area (Å²) in [6.07, 6.45) is 1.86. The largest absolute Gasteiger partial charge is 0.495 e. The third kappa shape index (κ3) is 3.16. The molecule has 0 aromatic heterocycles. The van der Waals surface area contributed by atoms with Crippen LogP contribution in [0.2, 0.25) is 0 Å². The highest BCUT2D eigenvalue weighted by molar-refractivity contribution is 9.10. The average molecular weight is 363 g/mol. The van der Waals surface area contributed by atoms with Crippen molar-refractivity contribution < 1.29 is 13.2 Å². The van der Waals surface area contributed by atoms with Crippen LogP contribution >= 0.6 is 15.9 Å².